The molecule has 0 saturated carbocycles. The van der Waals surface area contributed by atoms with Crippen LogP contribution in [0.4, 0.5) is 0 Å². The number of amides is 4. The summed E-state index contributed by atoms with van der Waals surface area (Å²) in [6.07, 6.45) is 1.79. The second-order valence-corrected chi connectivity index (χ2v) is 12.0. The predicted molar refractivity (Wildman–Crippen MR) is 178 cm³/mol. The Labute approximate surface area is 280 Å². The monoisotopic (exact) mass is 666 g/mol. The third-order valence-corrected chi connectivity index (χ3v) is 8.08. The fraction of sp³-hybridized carbons (Fsp3) is 0.455. The van der Waals surface area contributed by atoms with Gasteiger partial charge in [0.25, 0.3) is 0 Å². The maximum Gasteiger partial charge on any atom is 0.243 e. The van der Waals surface area contributed by atoms with Crippen molar-refractivity contribution in [1.29, 1.82) is 0 Å². The van der Waals surface area contributed by atoms with Gasteiger partial charge in [-0.15, -0.1) is 12.4 Å². The Morgan fingerprint density at radius 3 is 2.43 bits per heavy atom. The lowest BCUT2D eigenvalue weighted by Crippen LogP contribution is -2.57. The summed E-state index contributed by atoms with van der Waals surface area (Å²) in [5.41, 5.74) is 1.57. The summed E-state index contributed by atoms with van der Waals surface area (Å²) in [6.45, 7) is 6.56. The molecule has 1 aromatic heterocycles. The molecule has 47 heavy (non-hydrogen) atoms. The molecular weight excluding hydrogens is 624 g/mol. The molecule has 4 amide bonds. The van der Waals surface area contributed by atoms with E-state index in [-0.39, 0.29) is 62.3 Å². The van der Waals surface area contributed by atoms with Crippen molar-refractivity contribution >= 4 is 36.0 Å². The molecule has 3 aliphatic heterocycles. The first-order chi connectivity index (χ1) is 22.2. The van der Waals surface area contributed by atoms with Crippen LogP contribution in [0.3, 0.4) is 0 Å². The number of ether oxygens (including phenoxy) is 1. The van der Waals surface area contributed by atoms with Crippen molar-refractivity contribution in [2.75, 3.05) is 19.7 Å². The van der Waals surface area contributed by atoms with Gasteiger partial charge in [0.2, 0.25) is 23.6 Å². The van der Waals surface area contributed by atoms with Gasteiger partial charge in [0.15, 0.2) is 5.82 Å². The van der Waals surface area contributed by atoms with Crippen LogP contribution in [-0.2, 0) is 32.1 Å². The van der Waals surface area contributed by atoms with E-state index in [4.69, 9.17) is 4.74 Å². The van der Waals surface area contributed by atoms with E-state index >= 15 is 0 Å². The first-order valence-electron chi connectivity index (χ1n) is 15.8. The maximum atomic E-state index is 13.8. The lowest BCUT2D eigenvalue weighted by molar-refractivity contribution is -0.133. The Morgan fingerprint density at radius 1 is 1.00 bits per heavy atom. The van der Waals surface area contributed by atoms with Gasteiger partial charge in [0.05, 0.1) is 18.6 Å². The molecule has 0 aliphatic carbocycles. The molecule has 0 radical (unpaired) electrons. The van der Waals surface area contributed by atoms with Gasteiger partial charge in [-0.1, -0.05) is 56.3 Å². The van der Waals surface area contributed by atoms with Crippen LogP contribution in [0.5, 0.6) is 5.75 Å². The largest absolute Gasteiger partial charge is 0.492 e. The highest BCUT2D eigenvalue weighted by molar-refractivity contribution is 5.93. The van der Waals surface area contributed by atoms with Crippen molar-refractivity contribution < 1.29 is 23.9 Å². The van der Waals surface area contributed by atoms with Gasteiger partial charge in [-0.05, 0) is 49.9 Å². The maximum absolute atomic E-state index is 13.8. The average Bonchev–Trinajstić information content (AvgIpc) is 3.73. The van der Waals surface area contributed by atoms with Crippen molar-refractivity contribution in [1.82, 2.24) is 41.3 Å². The van der Waals surface area contributed by atoms with E-state index in [0.717, 1.165) is 24.1 Å². The molecule has 1 fully saturated rings. The highest BCUT2D eigenvalue weighted by atomic mass is 35.5. The van der Waals surface area contributed by atoms with Gasteiger partial charge in [-0.2, -0.15) is 5.10 Å². The summed E-state index contributed by atoms with van der Waals surface area (Å²) < 4.78 is 7.29. The van der Waals surface area contributed by atoms with Crippen molar-refractivity contribution in [3.05, 3.63) is 66.0 Å². The highest BCUT2D eigenvalue weighted by Gasteiger charge is 2.32. The fourth-order valence-electron chi connectivity index (χ4n) is 5.56. The van der Waals surface area contributed by atoms with Crippen molar-refractivity contribution in [3.63, 3.8) is 0 Å². The van der Waals surface area contributed by atoms with Crippen molar-refractivity contribution in [2.45, 2.75) is 70.7 Å². The summed E-state index contributed by atoms with van der Waals surface area (Å²) >= 11 is 0. The molecular formula is C33H43ClN8O5. The number of aromatic nitrogens is 3. The Hall–Kier alpha value is -4.49. The van der Waals surface area contributed by atoms with E-state index in [1.807, 2.05) is 56.3 Å². The fourth-order valence-corrected chi connectivity index (χ4v) is 5.56. The molecule has 5 N–H and O–H groups in total. The van der Waals surface area contributed by atoms with E-state index in [2.05, 4.69) is 36.7 Å². The number of fused-ring (bicyclic) bond motifs is 14. The zero-order valence-corrected chi connectivity index (χ0v) is 27.6. The number of carbonyl (C=O) groups excluding carboxylic acids is 4. The quantitative estimate of drug-likeness (QED) is 0.280. The van der Waals surface area contributed by atoms with Crippen LogP contribution in [0.1, 0.15) is 51.0 Å². The zero-order valence-electron chi connectivity index (χ0n) is 26.8. The Bertz CT molecular complexity index is 1530. The van der Waals surface area contributed by atoms with E-state index in [0.29, 0.717) is 23.8 Å². The Balaban J connectivity index is 0.00000500. The third-order valence-electron chi connectivity index (χ3n) is 8.08. The van der Waals surface area contributed by atoms with Gasteiger partial charge < -0.3 is 31.3 Å². The van der Waals surface area contributed by atoms with Crippen molar-refractivity contribution in [2.24, 2.45) is 5.92 Å². The number of carbonyl (C=O) groups is 4. The molecule has 0 unspecified atom stereocenters. The molecule has 3 aromatic rings. The van der Waals surface area contributed by atoms with Crippen LogP contribution < -0.4 is 31.3 Å². The zero-order chi connectivity index (χ0) is 32.6. The van der Waals surface area contributed by atoms with E-state index in [9.17, 15) is 19.2 Å². The molecule has 6 rings (SSSR count). The van der Waals surface area contributed by atoms with Gasteiger partial charge in [-0.3, -0.25) is 19.2 Å². The van der Waals surface area contributed by atoms with Crippen LogP contribution >= 0.6 is 12.4 Å². The lowest BCUT2D eigenvalue weighted by atomic mass is 10.00. The van der Waals surface area contributed by atoms with Crippen molar-refractivity contribution in [3.8, 4) is 17.1 Å². The topological polar surface area (TPSA) is 168 Å². The second-order valence-electron chi connectivity index (χ2n) is 12.0. The molecule has 2 aromatic carbocycles. The lowest BCUT2D eigenvalue weighted by Gasteiger charge is -2.27. The highest BCUT2D eigenvalue weighted by Crippen LogP contribution is 2.20. The first kappa shape index (κ1) is 35.4. The van der Waals surface area contributed by atoms with Crippen LogP contribution in [0.2, 0.25) is 0 Å². The summed E-state index contributed by atoms with van der Waals surface area (Å²) in [5.74, 6) is -0.295. The number of benzene rings is 2. The number of nitrogens with zero attached hydrogens (tertiary/aromatic N) is 3. The van der Waals surface area contributed by atoms with Gasteiger partial charge in [0, 0.05) is 12.0 Å². The van der Waals surface area contributed by atoms with Crippen LogP contribution in [0.25, 0.3) is 11.4 Å². The standard InChI is InChI=1S/C33H42N8O5.ClH/c1-20(2)28-33(45)36-21(3)30-39-29(23-8-5-4-6-9-23)40-41(30)19-27(42)35-16-17-46-24-13-11-22(12-14-24)18-26(32(44)38-28)37-31(43)25-10-7-15-34-25;/h4-6,8-9,11-14,20-21,25-26,28,34H,7,10,15-19H2,1-3H3,(H,35,42)(H,36,45)(H,37,43)(H,38,44);1H/t21-,25-,26-,28+;/m0./s1. The third kappa shape index (κ3) is 9.29. The summed E-state index contributed by atoms with van der Waals surface area (Å²) in [6, 6.07) is 13.7. The Kier molecular flexibility index (Phi) is 12.3. The first-order valence-corrected chi connectivity index (χ1v) is 15.8. The second kappa shape index (κ2) is 16.4. The number of rotatable bonds is 4. The normalized spacial score (nSPS) is 22.6. The summed E-state index contributed by atoms with van der Waals surface area (Å²) in [7, 11) is 0. The average molecular weight is 667 g/mol. The minimum Gasteiger partial charge on any atom is -0.492 e. The molecule has 3 aliphatic rings. The molecule has 2 bridgehead atoms. The molecule has 13 nitrogen and oxygen atoms in total. The Morgan fingerprint density at radius 2 is 1.74 bits per heavy atom. The molecule has 14 heteroatoms. The van der Waals surface area contributed by atoms with E-state index in [1.54, 1.807) is 19.1 Å². The molecule has 0 spiro atoms. The number of halogens is 1. The minimum absolute atomic E-state index is 0. The molecule has 1 saturated heterocycles. The van der Waals surface area contributed by atoms with Gasteiger partial charge in [0.1, 0.15) is 36.8 Å². The predicted octanol–water partition coefficient (Wildman–Crippen LogP) is 1.67. The van der Waals surface area contributed by atoms with Gasteiger partial charge in [-0.25, -0.2) is 9.67 Å². The smallest absolute Gasteiger partial charge is 0.243 e. The van der Waals surface area contributed by atoms with Gasteiger partial charge >= 0.3 is 0 Å². The molecule has 252 valence electrons. The van der Waals surface area contributed by atoms with Crippen LogP contribution in [-0.4, -0.2) is 76.2 Å². The van der Waals surface area contributed by atoms with E-state index < -0.39 is 29.9 Å². The summed E-state index contributed by atoms with van der Waals surface area (Å²) in [5, 5.41) is 19.4. The van der Waals surface area contributed by atoms with E-state index in [1.165, 1.54) is 4.68 Å². The summed E-state index contributed by atoms with van der Waals surface area (Å²) in [4.78, 5) is 58.1. The number of hydrogen-bond acceptors (Lipinski definition) is 8. The number of nitrogens with one attached hydrogen (secondary N) is 5. The SMILES string of the molecule is CC(C)[C@H]1NC(=O)[C@@H](NC(=O)[C@@H]2CCCN2)Cc2ccc(cc2)OCCNC(=O)Cn2nc(-c3ccccc3)nc2[C@H](C)NC1=O.Cl. The van der Waals surface area contributed by atoms with Crippen LogP contribution in [0.15, 0.2) is 54.6 Å². The number of hydrogen-bond donors (Lipinski definition) is 5. The minimum atomic E-state index is -0.912. The van der Waals surface area contributed by atoms with Crippen LogP contribution in [0, 0.1) is 5.92 Å². The molecule has 4 heterocycles. The molecule has 4 atom stereocenters.